The maximum atomic E-state index is 13.1. The molecule has 0 spiro atoms. The zero-order valence-electron chi connectivity index (χ0n) is 10.0. The second-order valence-corrected chi connectivity index (χ2v) is 4.96. The molecule has 0 bridgehead atoms. The lowest BCUT2D eigenvalue weighted by Crippen LogP contribution is -1.96. The van der Waals surface area contributed by atoms with E-state index >= 15 is 0 Å². The monoisotopic (exact) mass is 281 g/mol. The van der Waals surface area contributed by atoms with Crippen LogP contribution in [0, 0.1) is 5.82 Å². The minimum absolute atomic E-state index is 0.124. The second kappa shape index (κ2) is 6.38. The molecule has 0 radical (unpaired) electrons. The zero-order chi connectivity index (χ0) is 13.7. The van der Waals surface area contributed by atoms with Gasteiger partial charge in [0.05, 0.1) is 12.1 Å². The number of carbonyl (C=O) groups is 1. The van der Waals surface area contributed by atoms with Crippen molar-refractivity contribution in [2.24, 2.45) is 0 Å². The average Bonchev–Trinajstić information content (AvgIpc) is 2.83. The average molecular weight is 281 g/mol. The van der Waals surface area contributed by atoms with Crippen LogP contribution in [0.5, 0.6) is 0 Å². The van der Waals surface area contributed by atoms with Gasteiger partial charge in [0.25, 0.3) is 0 Å². The van der Waals surface area contributed by atoms with Gasteiger partial charge >= 0.3 is 5.97 Å². The highest BCUT2D eigenvalue weighted by molar-refractivity contribution is 7.98. The number of aromatic nitrogens is 1. The Hall–Kier alpha value is -1.82. The maximum absolute atomic E-state index is 13.1. The van der Waals surface area contributed by atoms with Gasteiger partial charge in [0.1, 0.15) is 12.1 Å². The Labute approximate surface area is 113 Å². The number of rotatable bonds is 6. The van der Waals surface area contributed by atoms with Crippen LogP contribution in [0.2, 0.25) is 0 Å². The molecule has 4 nitrogen and oxygen atoms in total. The van der Waals surface area contributed by atoms with Crippen LogP contribution in [-0.2, 0) is 10.5 Å². The topological polar surface area (TPSA) is 63.3 Å². The van der Waals surface area contributed by atoms with E-state index in [1.165, 1.54) is 30.2 Å². The molecule has 0 aliphatic rings. The number of carboxylic acids is 1. The molecule has 1 aromatic heterocycles. The van der Waals surface area contributed by atoms with E-state index in [1.807, 2.05) is 0 Å². The summed E-state index contributed by atoms with van der Waals surface area (Å²) in [6.45, 7) is 0. The first kappa shape index (κ1) is 13.6. The molecule has 19 heavy (non-hydrogen) atoms. The summed E-state index contributed by atoms with van der Waals surface area (Å²) in [5.74, 6) is 0.318. The summed E-state index contributed by atoms with van der Waals surface area (Å²) < 4.78 is 18.3. The van der Waals surface area contributed by atoms with E-state index in [0.717, 1.165) is 5.69 Å². The van der Waals surface area contributed by atoms with Crippen molar-refractivity contribution in [3.63, 3.8) is 0 Å². The van der Waals surface area contributed by atoms with Crippen molar-refractivity contribution in [3.8, 4) is 11.5 Å². The molecule has 1 N–H and O–H groups in total. The van der Waals surface area contributed by atoms with Gasteiger partial charge in [0.15, 0.2) is 0 Å². The summed E-state index contributed by atoms with van der Waals surface area (Å²) in [5, 5.41) is 8.51. The highest BCUT2D eigenvalue weighted by Gasteiger charge is 2.07. The predicted molar refractivity (Wildman–Crippen MR) is 70.3 cm³/mol. The fourth-order valence-corrected chi connectivity index (χ4v) is 2.27. The Morgan fingerprint density at radius 1 is 1.47 bits per heavy atom. The van der Waals surface area contributed by atoms with Crippen molar-refractivity contribution in [1.29, 1.82) is 0 Å². The summed E-state index contributed by atoms with van der Waals surface area (Å²) in [6.07, 6.45) is 1.63. The third-order valence-electron chi connectivity index (χ3n) is 2.33. The van der Waals surface area contributed by atoms with Crippen LogP contribution in [0.15, 0.2) is 34.9 Å². The smallest absolute Gasteiger partial charge is 0.304 e. The number of hydrogen-bond donors (Lipinski definition) is 1. The van der Waals surface area contributed by atoms with E-state index in [-0.39, 0.29) is 12.2 Å². The molecule has 0 amide bonds. The van der Waals surface area contributed by atoms with Crippen molar-refractivity contribution in [2.45, 2.75) is 12.2 Å². The third-order valence-corrected chi connectivity index (χ3v) is 3.33. The third kappa shape index (κ3) is 4.10. The maximum Gasteiger partial charge on any atom is 0.304 e. The molecule has 0 atom stereocenters. The van der Waals surface area contributed by atoms with Gasteiger partial charge in [-0.1, -0.05) is 6.07 Å². The number of carboxylic acid groups (broad SMARTS) is 1. The summed E-state index contributed by atoms with van der Waals surface area (Å²) >= 11 is 1.47. The van der Waals surface area contributed by atoms with Crippen LogP contribution in [0.4, 0.5) is 4.39 Å². The molecule has 100 valence electrons. The van der Waals surface area contributed by atoms with E-state index in [0.29, 0.717) is 23.0 Å². The largest absolute Gasteiger partial charge is 0.481 e. The fourth-order valence-electron chi connectivity index (χ4n) is 1.46. The molecule has 0 saturated carbocycles. The van der Waals surface area contributed by atoms with Crippen molar-refractivity contribution < 1.29 is 18.7 Å². The Morgan fingerprint density at radius 3 is 3.05 bits per heavy atom. The SMILES string of the molecule is O=C(O)CCSCc1coc(-c2cccc(F)c2)n1. The molecule has 0 aliphatic heterocycles. The van der Waals surface area contributed by atoms with Crippen molar-refractivity contribution in [1.82, 2.24) is 4.98 Å². The molecule has 0 unspecified atom stereocenters. The highest BCUT2D eigenvalue weighted by Crippen LogP contribution is 2.21. The van der Waals surface area contributed by atoms with E-state index in [4.69, 9.17) is 9.52 Å². The van der Waals surface area contributed by atoms with Crippen molar-refractivity contribution >= 4 is 17.7 Å². The number of aliphatic carboxylic acids is 1. The quantitative estimate of drug-likeness (QED) is 0.824. The van der Waals surface area contributed by atoms with Crippen LogP contribution in [0.1, 0.15) is 12.1 Å². The molecular weight excluding hydrogens is 269 g/mol. The molecule has 0 saturated heterocycles. The van der Waals surface area contributed by atoms with E-state index in [1.54, 1.807) is 12.1 Å². The van der Waals surface area contributed by atoms with Crippen LogP contribution in [0.25, 0.3) is 11.5 Å². The number of thioether (sulfide) groups is 1. The minimum Gasteiger partial charge on any atom is -0.481 e. The van der Waals surface area contributed by atoms with Gasteiger partial charge in [-0.2, -0.15) is 11.8 Å². The molecule has 2 rings (SSSR count). The predicted octanol–water partition coefficient (Wildman–Crippen LogP) is 3.19. The van der Waals surface area contributed by atoms with Crippen LogP contribution in [0.3, 0.4) is 0 Å². The van der Waals surface area contributed by atoms with E-state index in [9.17, 15) is 9.18 Å². The standard InChI is InChI=1S/C13H12FNO3S/c14-10-3-1-2-9(6-10)13-15-11(7-18-13)8-19-5-4-12(16)17/h1-3,6-7H,4-5,8H2,(H,16,17). The molecule has 0 fully saturated rings. The van der Waals surface area contributed by atoms with Crippen molar-refractivity contribution in [2.75, 3.05) is 5.75 Å². The lowest BCUT2D eigenvalue weighted by Gasteiger charge is -1.95. The highest BCUT2D eigenvalue weighted by atomic mass is 32.2. The molecule has 2 aromatic rings. The second-order valence-electron chi connectivity index (χ2n) is 3.85. The number of hydrogen-bond acceptors (Lipinski definition) is 4. The number of nitrogens with zero attached hydrogens (tertiary/aromatic N) is 1. The van der Waals surface area contributed by atoms with Gasteiger partial charge in [0, 0.05) is 17.1 Å². The molecule has 0 aliphatic carbocycles. The normalized spacial score (nSPS) is 10.6. The van der Waals surface area contributed by atoms with Crippen LogP contribution >= 0.6 is 11.8 Å². The van der Waals surface area contributed by atoms with Gasteiger partial charge in [-0.05, 0) is 18.2 Å². The Bertz CT molecular complexity index is 571. The fraction of sp³-hybridized carbons (Fsp3) is 0.231. The number of oxazole rings is 1. The zero-order valence-corrected chi connectivity index (χ0v) is 10.8. The lowest BCUT2D eigenvalue weighted by atomic mass is 10.2. The first-order chi connectivity index (χ1) is 9.15. The summed E-state index contributed by atoms with van der Waals surface area (Å²) in [5.41, 5.74) is 1.30. The lowest BCUT2D eigenvalue weighted by molar-refractivity contribution is -0.136. The molecule has 1 aromatic carbocycles. The van der Waals surface area contributed by atoms with Gasteiger partial charge in [-0.25, -0.2) is 9.37 Å². The van der Waals surface area contributed by atoms with E-state index in [2.05, 4.69) is 4.98 Å². The summed E-state index contributed by atoms with van der Waals surface area (Å²) in [6, 6.07) is 6.02. The van der Waals surface area contributed by atoms with Crippen LogP contribution < -0.4 is 0 Å². The van der Waals surface area contributed by atoms with Crippen molar-refractivity contribution in [3.05, 3.63) is 42.0 Å². The van der Waals surface area contributed by atoms with Crippen LogP contribution in [-0.4, -0.2) is 21.8 Å². The summed E-state index contributed by atoms with van der Waals surface area (Å²) in [7, 11) is 0. The molecule has 1 heterocycles. The first-order valence-electron chi connectivity index (χ1n) is 5.65. The number of benzene rings is 1. The van der Waals surface area contributed by atoms with Gasteiger partial charge in [0.2, 0.25) is 5.89 Å². The Morgan fingerprint density at radius 2 is 2.32 bits per heavy atom. The Balaban J connectivity index is 1.94. The van der Waals surface area contributed by atoms with Gasteiger partial charge in [-0.3, -0.25) is 4.79 Å². The molecule has 6 heteroatoms. The first-order valence-corrected chi connectivity index (χ1v) is 6.80. The van der Waals surface area contributed by atoms with Gasteiger partial charge < -0.3 is 9.52 Å². The molecular formula is C13H12FNO3S. The summed E-state index contributed by atoms with van der Waals surface area (Å²) in [4.78, 5) is 14.6. The van der Waals surface area contributed by atoms with Gasteiger partial charge in [-0.15, -0.1) is 0 Å². The number of halogens is 1. The minimum atomic E-state index is -0.812. The van der Waals surface area contributed by atoms with E-state index < -0.39 is 5.97 Å². The Kier molecular flexibility index (Phi) is 4.57.